The Morgan fingerprint density at radius 2 is 1.05 bits per heavy atom. The molecule has 0 aromatic heterocycles. The number of nitrogens with two attached hydrogens (primary N) is 2. The van der Waals surface area contributed by atoms with E-state index in [1.807, 2.05) is 81.4 Å². The number of alkyl halides is 2. The zero-order valence-electron chi connectivity index (χ0n) is 56.5. The van der Waals surface area contributed by atoms with E-state index < -0.39 is 5.60 Å². The van der Waals surface area contributed by atoms with Gasteiger partial charge in [0.1, 0.15) is 36.7 Å². The van der Waals surface area contributed by atoms with Gasteiger partial charge >= 0.3 is 30.2 Å². The fourth-order valence-corrected chi connectivity index (χ4v) is 16.7. The number of carbonyl (C=O) groups excluding carboxylic acids is 8. The van der Waals surface area contributed by atoms with Crippen molar-refractivity contribution in [3.05, 3.63) is 83.6 Å². The zero-order valence-corrected chi connectivity index (χ0v) is 62.0. The lowest BCUT2D eigenvalue weighted by molar-refractivity contribution is -0.148. The molecule has 2 aromatic carbocycles. The van der Waals surface area contributed by atoms with Crippen LogP contribution in [0.25, 0.3) is 0 Å². The van der Waals surface area contributed by atoms with Crippen LogP contribution in [0.4, 0.5) is 14.4 Å². The van der Waals surface area contributed by atoms with Crippen LogP contribution in [0.15, 0.2) is 72.4 Å². The van der Waals surface area contributed by atoms with Gasteiger partial charge in [-0.25, -0.2) is 14.4 Å². The molecule has 0 radical (unpaired) electrons. The highest BCUT2D eigenvalue weighted by Crippen LogP contribution is 2.44. The predicted molar refractivity (Wildman–Crippen MR) is 382 cm³/mol. The number of ketones is 2. The highest BCUT2D eigenvalue weighted by Gasteiger charge is 2.46. The lowest BCUT2D eigenvalue weighted by Gasteiger charge is -2.34. The quantitative estimate of drug-likeness (QED) is 0.0378. The molecule has 8 atom stereocenters. The van der Waals surface area contributed by atoms with Crippen LogP contribution in [-0.4, -0.2) is 127 Å². The summed E-state index contributed by atoms with van der Waals surface area (Å²) < 4.78 is 25.0. The molecule has 8 bridgehead atoms. The molecule has 2 aromatic rings. The number of Topliss-reactive ketones (excluding diaryl/α,β-unsaturated/α-hetero) is 2. The number of hydrogen-bond donors (Lipinski definition) is 6. The van der Waals surface area contributed by atoms with Crippen LogP contribution in [0.1, 0.15) is 174 Å². The van der Waals surface area contributed by atoms with E-state index in [-0.39, 0.29) is 121 Å². The molecule has 528 valence electrons. The summed E-state index contributed by atoms with van der Waals surface area (Å²) in [5, 5.41) is 10.2. The number of carbonyl (C=O) groups is 8. The van der Waals surface area contributed by atoms with Gasteiger partial charge in [0.15, 0.2) is 0 Å². The number of amides is 3. The maximum absolute atomic E-state index is 11.8. The van der Waals surface area contributed by atoms with Crippen molar-refractivity contribution in [2.75, 3.05) is 38.0 Å². The Morgan fingerprint density at radius 1 is 0.617 bits per heavy atom. The lowest BCUT2D eigenvalue weighted by atomic mass is 9.80. The maximum atomic E-state index is 11.8. The molecule has 8 unspecified atom stereocenters. The second-order valence-corrected chi connectivity index (χ2v) is 28.7. The third-order valence-electron chi connectivity index (χ3n) is 19.6. The first-order valence-electron chi connectivity index (χ1n) is 33.8. The molecule has 12 rings (SSSR count). The van der Waals surface area contributed by atoms with E-state index in [0.29, 0.717) is 64.6 Å². The van der Waals surface area contributed by atoms with E-state index in [0.717, 1.165) is 94.5 Å². The van der Waals surface area contributed by atoms with Gasteiger partial charge < -0.3 is 66.9 Å². The molecule has 10 N–H and O–H groups in total. The van der Waals surface area contributed by atoms with Gasteiger partial charge in [0, 0.05) is 83.3 Å². The van der Waals surface area contributed by atoms with Gasteiger partial charge in [-0.05, 0) is 197 Å². The predicted octanol–water partition coefficient (Wildman–Crippen LogP) is 13.0. The molecule has 0 spiro atoms. The molecule has 1 aliphatic heterocycles. The number of fused-ring (bicyclic) bond motifs is 8. The topological polar surface area (TPSA) is 309 Å². The van der Waals surface area contributed by atoms with Gasteiger partial charge in [0.2, 0.25) is 0 Å². The lowest BCUT2D eigenvalue weighted by Crippen LogP contribution is -2.49. The monoisotopic (exact) mass is 1550 g/mol. The van der Waals surface area contributed by atoms with Crippen LogP contribution in [0.5, 0.6) is 0 Å². The Labute approximate surface area is 592 Å². The minimum Gasteiger partial charge on any atom is -0.469 e. The molecule has 23 heteroatoms. The van der Waals surface area contributed by atoms with Crippen molar-refractivity contribution in [1.82, 2.24) is 27.0 Å². The van der Waals surface area contributed by atoms with Crippen LogP contribution >= 0.6 is 55.8 Å². The van der Waals surface area contributed by atoms with Crippen LogP contribution in [0, 0.1) is 59.2 Å². The number of methoxy groups -OCH3 is 2. The summed E-state index contributed by atoms with van der Waals surface area (Å²) in [5.74, 6) is 3.30. The Hall–Kier alpha value is -4.69. The van der Waals surface area contributed by atoms with Crippen molar-refractivity contribution in [1.29, 1.82) is 0 Å². The van der Waals surface area contributed by atoms with E-state index in [4.69, 9.17) is 35.2 Å². The van der Waals surface area contributed by atoms with Crippen molar-refractivity contribution in [2.45, 2.75) is 212 Å². The SMILES string of the molecule is C1=C(N2CCCC2)CCC1.CC(C)(C)OC(=O)NC1C2CCC1CC(N)C2.CC=O.COC(=O)C(CBr)CBr.COC(=O)C1CC2CCC(C1)C2=O.I.N.NC1C2CCC1CC(NC(=O)OCc1ccccc1)C2.O=C(NC1CC2CCC(C1)C2=O)OCc1ccccc1. The van der Waals surface area contributed by atoms with E-state index in [1.54, 1.807) is 5.70 Å². The third-order valence-corrected chi connectivity index (χ3v) is 21.2. The van der Waals surface area contributed by atoms with Gasteiger partial charge in [-0.2, -0.15) is 0 Å². The summed E-state index contributed by atoms with van der Waals surface area (Å²) in [6.07, 6.45) is 24.9. The fourth-order valence-electron chi connectivity index (χ4n) is 15.1. The number of halogens is 3. The van der Waals surface area contributed by atoms with E-state index in [1.165, 1.54) is 92.0 Å². The standard InChI is InChI=1S/C16H22N2O2.C16H19NO3.C13H24N2O2.C10H14O3.C9H15N.C5H8Br2O2.C2H4O.HI.H3N/c17-15-12-6-7-13(15)9-14(8-12)18-16(19)20-10-11-4-2-1-3-5-11;18-15-12-6-7-13(15)9-14(8-12)17-16(19)20-10-11-4-2-1-3-5-11;1-13(2,3)17-12(16)15-11-8-4-5-9(11)7-10(14)6-8;1-13-10(12)8-4-6-2-3-7(5-8)9(6)11;1-2-6-9(5-1)10-7-3-4-8-10;1-9-5(8)4(2-6)3-7;1-2-3;;/h1-5,12-15H,6-10,17H2,(H,18,19);1-5,12-14H,6-10H2,(H,17,19);8-11H,4-7,14H2,1-3H3,(H,15,16);6-8H,2-5H2,1H3;5H,1-4,6-8H2;4H,2-3H2,1H3;2H,1H3;1H;1H3. The molecule has 8 saturated carbocycles. The number of ether oxygens (including phenoxy) is 5. The number of benzene rings is 2. The molecule has 9 aliphatic carbocycles. The first kappa shape index (κ1) is 81.7. The third kappa shape index (κ3) is 26.6. The normalized spacial score (nSPS) is 28.4. The summed E-state index contributed by atoms with van der Waals surface area (Å²) in [5.41, 5.74) is 15.4. The summed E-state index contributed by atoms with van der Waals surface area (Å²) in [6, 6.07) is 20.6. The number of alkyl carbamates (subject to hydrolysis) is 3. The smallest absolute Gasteiger partial charge is 0.407 e. The summed E-state index contributed by atoms with van der Waals surface area (Å²) in [7, 11) is 2.81. The highest BCUT2D eigenvalue weighted by molar-refractivity contribution is 14.0. The summed E-state index contributed by atoms with van der Waals surface area (Å²) in [6.45, 7) is 10.4. The number of esters is 2. The van der Waals surface area contributed by atoms with E-state index >= 15 is 0 Å². The fraction of sp³-hybridized carbons (Fsp3) is 0.690. The number of nitrogens with one attached hydrogen (secondary N) is 3. The number of hydrogen-bond acceptors (Lipinski definition) is 17. The molecule has 3 amide bonds. The van der Waals surface area contributed by atoms with Gasteiger partial charge in [-0.1, -0.05) is 98.6 Å². The van der Waals surface area contributed by atoms with Gasteiger partial charge in [0.05, 0.1) is 26.1 Å². The van der Waals surface area contributed by atoms with Crippen molar-refractivity contribution < 1.29 is 62.0 Å². The molecule has 9 fully saturated rings. The molecule has 20 nitrogen and oxygen atoms in total. The Morgan fingerprint density at radius 3 is 1.45 bits per heavy atom. The zero-order chi connectivity index (χ0) is 66.7. The first-order chi connectivity index (χ1) is 44.1. The van der Waals surface area contributed by atoms with Gasteiger partial charge in [0.25, 0.3) is 0 Å². The van der Waals surface area contributed by atoms with Crippen LogP contribution in [0.2, 0.25) is 0 Å². The highest BCUT2D eigenvalue weighted by atomic mass is 127. The van der Waals surface area contributed by atoms with E-state index in [9.17, 15) is 33.6 Å². The minimum absolute atomic E-state index is 0. The van der Waals surface area contributed by atoms with Crippen molar-refractivity contribution in [3.63, 3.8) is 0 Å². The summed E-state index contributed by atoms with van der Waals surface area (Å²) >= 11 is 6.37. The second kappa shape index (κ2) is 42.2. The van der Waals surface area contributed by atoms with Gasteiger partial charge in [-0.15, -0.1) is 24.0 Å². The Kier molecular flexibility index (Phi) is 36.7. The molecular formula is C71H110Br2IN7O13. The molecule has 1 saturated heterocycles. The Bertz CT molecular complexity index is 2630. The average Bonchev–Trinajstić information content (AvgIpc) is 1.73. The molecule has 10 aliphatic rings. The largest absolute Gasteiger partial charge is 0.469 e. The van der Waals surface area contributed by atoms with Crippen molar-refractivity contribution in [2.24, 2.45) is 70.6 Å². The first-order valence-corrected chi connectivity index (χ1v) is 36.0. The second-order valence-electron chi connectivity index (χ2n) is 27.4. The molecular weight excluding hydrogens is 1450 g/mol. The number of likely N-dealkylation sites (tertiary alicyclic amines) is 1. The number of rotatable bonds is 12. The maximum Gasteiger partial charge on any atom is 0.407 e. The average molecular weight is 1560 g/mol. The van der Waals surface area contributed by atoms with Crippen LogP contribution < -0.4 is 33.6 Å². The number of aldehydes is 1. The van der Waals surface area contributed by atoms with Crippen molar-refractivity contribution in [3.8, 4) is 0 Å². The number of nitrogens with zero attached hydrogens (tertiary/aromatic N) is 1. The molecule has 1 heterocycles. The Balaban J connectivity index is 0.000000242. The number of allylic oxidation sites excluding steroid dienone is 2. The summed E-state index contributed by atoms with van der Waals surface area (Å²) in [4.78, 5) is 92.0. The van der Waals surface area contributed by atoms with Crippen LogP contribution in [0.3, 0.4) is 0 Å². The minimum atomic E-state index is -0.422. The van der Waals surface area contributed by atoms with Gasteiger partial charge in [-0.3, -0.25) is 19.2 Å². The van der Waals surface area contributed by atoms with E-state index in [2.05, 4.69) is 63.5 Å². The van der Waals surface area contributed by atoms with Crippen LogP contribution in [-0.2, 0) is 60.9 Å². The van der Waals surface area contributed by atoms with Crippen molar-refractivity contribution >= 4 is 104 Å². The molecule has 94 heavy (non-hydrogen) atoms.